The zero-order valence-corrected chi connectivity index (χ0v) is 15.9. The van der Waals surface area contributed by atoms with Crippen molar-refractivity contribution in [3.05, 3.63) is 61.4 Å². The minimum atomic E-state index is -0.586. The summed E-state index contributed by atoms with van der Waals surface area (Å²) in [6, 6.07) is 8.53. The lowest BCUT2D eigenvalue weighted by Crippen LogP contribution is -2.00. The van der Waals surface area contributed by atoms with Gasteiger partial charge in [-0.1, -0.05) is 0 Å². The van der Waals surface area contributed by atoms with Crippen molar-refractivity contribution in [1.29, 1.82) is 0 Å². The molecule has 0 unspecified atom stereocenters. The summed E-state index contributed by atoms with van der Waals surface area (Å²) in [6.45, 7) is 0. The molecule has 1 aromatic heterocycles. The first-order chi connectivity index (χ1) is 13.8. The number of hydrogen-bond donors (Lipinski definition) is 1. The molecule has 0 aliphatic heterocycles. The second kappa shape index (κ2) is 7.98. The fraction of sp³-hybridized carbons (Fsp3) is 0.118. The van der Waals surface area contributed by atoms with Gasteiger partial charge in [-0.2, -0.15) is 5.10 Å². The SMILES string of the molecule is COc1ccc(-c2n[nH]c(=S)nc2-c2ccc(OC)c([N+](=O)[O-])c2)cc1[N+](=O)[O-]. The molecule has 1 heterocycles. The highest BCUT2D eigenvalue weighted by Crippen LogP contribution is 2.37. The number of nitrogens with zero attached hydrogens (tertiary/aromatic N) is 4. The van der Waals surface area contributed by atoms with Gasteiger partial charge in [0.25, 0.3) is 0 Å². The monoisotopic (exact) mass is 415 g/mol. The van der Waals surface area contributed by atoms with Crippen LogP contribution in [0.5, 0.6) is 11.5 Å². The summed E-state index contributed by atoms with van der Waals surface area (Å²) in [4.78, 5) is 25.7. The van der Waals surface area contributed by atoms with E-state index >= 15 is 0 Å². The Bertz CT molecular complexity index is 1180. The molecule has 0 bridgehead atoms. The van der Waals surface area contributed by atoms with E-state index in [9.17, 15) is 20.2 Å². The summed E-state index contributed by atoms with van der Waals surface area (Å²) < 4.78 is 10.1. The second-order valence-electron chi connectivity index (χ2n) is 5.63. The van der Waals surface area contributed by atoms with Crippen LogP contribution in [0.15, 0.2) is 36.4 Å². The van der Waals surface area contributed by atoms with Crippen LogP contribution in [-0.4, -0.2) is 39.2 Å². The number of ether oxygens (including phenoxy) is 2. The van der Waals surface area contributed by atoms with Crippen LogP contribution in [0.4, 0.5) is 11.4 Å². The molecule has 2 aromatic carbocycles. The molecule has 29 heavy (non-hydrogen) atoms. The first-order valence-corrected chi connectivity index (χ1v) is 8.39. The molecule has 3 aromatic rings. The van der Waals surface area contributed by atoms with E-state index in [-0.39, 0.29) is 39.0 Å². The molecule has 0 atom stereocenters. The fourth-order valence-electron chi connectivity index (χ4n) is 2.70. The molecule has 0 amide bonds. The van der Waals surface area contributed by atoms with E-state index in [1.807, 2.05) is 0 Å². The van der Waals surface area contributed by atoms with Gasteiger partial charge in [0, 0.05) is 23.3 Å². The Kier molecular flexibility index (Phi) is 5.45. The van der Waals surface area contributed by atoms with Crippen LogP contribution in [0.1, 0.15) is 0 Å². The highest BCUT2D eigenvalue weighted by molar-refractivity contribution is 7.71. The maximum atomic E-state index is 11.4. The molecule has 12 heteroatoms. The number of H-pyrrole nitrogens is 1. The van der Waals surface area contributed by atoms with Crippen molar-refractivity contribution in [2.75, 3.05) is 14.2 Å². The van der Waals surface area contributed by atoms with Crippen LogP contribution < -0.4 is 9.47 Å². The molecule has 0 saturated heterocycles. The minimum Gasteiger partial charge on any atom is -0.490 e. The van der Waals surface area contributed by atoms with E-state index in [0.29, 0.717) is 11.1 Å². The zero-order chi connectivity index (χ0) is 21.1. The van der Waals surface area contributed by atoms with Gasteiger partial charge in [-0.05, 0) is 36.5 Å². The molecule has 11 nitrogen and oxygen atoms in total. The van der Waals surface area contributed by atoms with E-state index in [2.05, 4.69) is 15.2 Å². The van der Waals surface area contributed by atoms with Gasteiger partial charge in [0.05, 0.1) is 24.1 Å². The van der Waals surface area contributed by atoms with Gasteiger partial charge < -0.3 is 9.47 Å². The Labute approximate surface area is 168 Å². The molecule has 0 aliphatic carbocycles. The number of nitro groups is 2. The number of rotatable bonds is 6. The topological polar surface area (TPSA) is 146 Å². The highest BCUT2D eigenvalue weighted by Gasteiger charge is 2.22. The van der Waals surface area contributed by atoms with E-state index in [1.54, 1.807) is 12.1 Å². The molecule has 0 radical (unpaired) electrons. The largest absolute Gasteiger partial charge is 0.490 e. The smallest absolute Gasteiger partial charge is 0.311 e. The summed E-state index contributed by atoms with van der Waals surface area (Å²) in [5.74, 6) is 0.159. The van der Waals surface area contributed by atoms with Gasteiger partial charge in [0.15, 0.2) is 11.5 Å². The van der Waals surface area contributed by atoms with E-state index < -0.39 is 9.85 Å². The molecule has 3 rings (SSSR count). The third kappa shape index (κ3) is 3.87. The number of aromatic amines is 1. The van der Waals surface area contributed by atoms with Crippen LogP contribution in [-0.2, 0) is 0 Å². The van der Waals surface area contributed by atoms with Crippen LogP contribution in [0.2, 0.25) is 0 Å². The van der Waals surface area contributed by atoms with Crippen LogP contribution in [0, 0.1) is 25.0 Å². The fourth-order valence-corrected chi connectivity index (χ4v) is 2.84. The van der Waals surface area contributed by atoms with Crippen molar-refractivity contribution in [1.82, 2.24) is 15.2 Å². The van der Waals surface area contributed by atoms with Crippen LogP contribution in [0.3, 0.4) is 0 Å². The summed E-state index contributed by atoms with van der Waals surface area (Å²) in [7, 11) is 2.64. The quantitative estimate of drug-likeness (QED) is 0.361. The molecule has 0 spiro atoms. The predicted molar refractivity (Wildman–Crippen MR) is 105 cm³/mol. The van der Waals surface area contributed by atoms with Crippen molar-refractivity contribution < 1.29 is 19.3 Å². The lowest BCUT2D eigenvalue weighted by molar-refractivity contribution is -0.385. The van der Waals surface area contributed by atoms with Crippen molar-refractivity contribution in [2.45, 2.75) is 0 Å². The predicted octanol–water partition coefficient (Wildman–Crippen LogP) is 3.70. The van der Waals surface area contributed by atoms with Crippen LogP contribution in [0.25, 0.3) is 22.5 Å². The third-order valence-corrected chi connectivity index (χ3v) is 4.18. The summed E-state index contributed by atoms with van der Waals surface area (Å²) in [5, 5.41) is 29.4. The highest BCUT2D eigenvalue weighted by atomic mass is 32.1. The maximum absolute atomic E-state index is 11.4. The number of benzene rings is 2. The summed E-state index contributed by atoms with van der Waals surface area (Å²) in [6.07, 6.45) is 0. The van der Waals surface area contributed by atoms with Gasteiger partial charge >= 0.3 is 11.4 Å². The number of aromatic nitrogens is 3. The standard InChI is InChI=1S/C17H13N5O6S/c1-27-13-5-3-9(7-11(13)21(23)24)15-16(19-20-17(29)18-15)10-4-6-14(28-2)12(8-10)22(25)26/h3-8H,1-2H3,(H,18,20,29). The molecular weight excluding hydrogens is 402 g/mol. The Morgan fingerprint density at radius 3 is 1.83 bits per heavy atom. The van der Waals surface area contributed by atoms with Gasteiger partial charge in [0.1, 0.15) is 11.4 Å². The normalized spacial score (nSPS) is 10.4. The van der Waals surface area contributed by atoms with Gasteiger partial charge in [-0.3, -0.25) is 25.3 Å². The molecule has 0 saturated carbocycles. The molecule has 0 aliphatic rings. The van der Waals surface area contributed by atoms with Crippen molar-refractivity contribution in [3.8, 4) is 34.0 Å². The first kappa shape index (κ1) is 19.8. The maximum Gasteiger partial charge on any atom is 0.311 e. The molecule has 148 valence electrons. The van der Waals surface area contributed by atoms with E-state index in [0.717, 1.165) is 0 Å². The van der Waals surface area contributed by atoms with Crippen molar-refractivity contribution in [2.24, 2.45) is 0 Å². The van der Waals surface area contributed by atoms with Crippen molar-refractivity contribution in [3.63, 3.8) is 0 Å². The second-order valence-corrected chi connectivity index (χ2v) is 6.01. The Morgan fingerprint density at radius 1 is 0.897 bits per heavy atom. The summed E-state index contributed by atoms with van der Waals surface area (Å²) >= 11 is 5.03. The number of nitro benzene ring substituents is 2. The average Bonchev–Trinajstić information content (AvgIpc) is 2.72. The summed E-state index contributed by atoms with van der Waals surface area (Å²) in [5.41, 5.74) is 0.615. The van der Waals surface area contributed by atoms with Gasteiger partial charge in [0.2, 0.25) is 4.77 Å². The van der Waals surface area contributed by atoms with Gasteiger partial charge in [-0.15, -0.1) is 0 Å². The Hall–Kier alpha value is -3.93. The molecule has 1 N–H and O–H groups in total. The molecular formula is C17H13N5O6S. The lowest BCUT2D eigenvalue weighted by atomic mass is 10.0. The zero-order valence-electron chi connectivity index (χ0n) is 15.1. The number of nitrogens with one attached hydrogen (secondary N) is 1. The lowest BCUT2D eigenvalue weighted by Gasteiger charge is -2.10. The molecule has 0 fully saturated rings. The Balaban J connectivity index is 2.24. The van der Waals surface area contributed by atoms with Crippen LogP contribution >= 0.6 is 12.2 Å². The number of methoxy groups -OCH3 is 2. The van der Waals surface area contributed by atoms with E-state index in [1.165, 1.54) is 38.5 Å². The van der Waals surface area contributed by atoms with Crippen molar-refractivity contribution >= 4 is 23.6 Å². The third-order valence-electron chi connectivity index (χ3n) is 4.00. The minimum absolute atomic E-state index is 0.0465. The Morgan fingerprint density at radius 2 is 1.38 bits per heavy atom. The average molecular weight is 415 g/mol. The first-order valence-electron chi connectivity index (χ1n) is 7.98. The van der Waals surface area contributed by atoms with Gasteiger partial charge in [-0.25, -0.2) is 4.98 Å². The number of hydrogen-bond acceptors (Lipinski definition) is 9. The van der Waals surface area contributed by atoms with E-state index in [4.69, 9.17) is 21.7 Å².